The second-order valence-electron chi connectivity index (χ2n) is 5.73. The molecule has 0 saturated carbocycles. The fourth-order valence-electron chi connectivity index (χ4n) is 3.12. The fraction of sp³-hybridized carbons (Fsp3) is 0.294. The highest BCUT2D eigenvalue weighted by molar-refractivity contribution is 7.17. The van der Waals surface area contributed by atoms with Crippen molar-refractivity contribution in [2.45, 2.75) is 25.8 Å². The van der Waals surface area contributed by atoms with Gasteiger partial charge in [0.25, 0.3) is 5.91 Å². The van der Waals surface area contributed by atoms with Gasteiger partial charge in [-0.2, -0.15) is 11.3 Å². The highest BCUT2D eigenvalue weighted by Gasteiger charge is 2.33. The standard InChI is InChI=1S/C17H17N3OS2/c1-11-15(23-16(19-11)12-6-9-22-10-12)17(21)20-8-3-5-14(20)13-4-2-7-18-13/h2,4,6-7,9-10,14,18H,3,5,8H2,1H3/t14-/m0/s1. The number of carbonyl (C=O) groups excluding carboxylic acids is 1. The number of hydrogen-bond acceptors (Lipinski definition) is 4. The van der Waals surface area contributed by atoms with Gasteiger partial charge in [0.05, 0.1) is 11.7 Å². The molecule has 1 aliphatic heterocycles. The molecule has 118 valence electrons. The van der Waals surface area contributed by atoms with Crippen molar-refractivity contribution < 1.29 is 4.79 Å². The zero-order valence-corrected chi connectivity index (χ0v) is 14.4. The molecule has 0 unspecified atom stereocenters. The molecule has 3 aromatic heterocycles. The molecule has 0 bridgehead atoms. The molecule has 1 saturated heterocycles. The molecule has 3 aromatic rings. The Kier molecular flexibility index (Phi) is 3.79. The SMILES string of the molecule is Cc1nc(-c2ccsc2)sc1C(=O)N1CCC[C@H]1c1ccc[nH]1. The summed E-state index contributed by atoms with van der Waals surface area (Å²) in [5.74, 6) is 0.110. The van der Waals surface area contributed by atoms with E-state index in [-0.39, 0.29) is 11.9 Å². The number of likely N-dealkylation sites (tertiary alicyclic amines) is 1. The van der Waals surface area contributed by atoms with Gasteiger partial charge in [-0.05, 0) is 43.3 Å². The van der Waals surface area contributed by atoms with Crippen LogP contribution >= 0.6 is 22.7 Å². The van der Waals surface area contributed by atoms with Crippen LogP contribution in [0.5, 0.6) is 0 Å². The Morgan fingerprint density at radius 1 is 1.43 bits per heavy atom. The first-order valence-electron chi connectivity index (χ1n) is 7.68. The van der Waals surface area contributed by atoms with Crippen LogP contribution in [-0.4, -0.2) is 27.3 Å². The molecule has 6 heteroatoms. The van der Waals surface area contributed by atoms with Crippen LogP contribution in [0.4, 0.5) is 0 Å². The maximum Gasteiger partial charge on any atom is 0.266 e. The highest BCUT2D eigenvalue weighted by Crippen LogP contribution is 2.35. The molecule has 1 fully saturated rings. The number of carbonyl (C=O) groups is 1. The largest absolute Gasteiger partial charge is 0.363 e. The molecule has 4 rings (SSSR count). The molecule has 23 heavy (non-hydrogen) atoms. The number of rotatable bonds is 3. The van der Waals surface area contributed by atoms with Crippen molar-refractivity contribution in [3.05, 3.63) is 51.4 Å². The summed E-state index contributed by atoms with van der Waals surface area (Å²) in [6, 6.07) is 6.26. The maximum absolute atomic E-state index is 13.0. The summed E-state index contributed by atoms with van der Waals surface area (Å²) in [5.41, 5.74) is 3.05. The molecule has 0 spiro atoms. The van der Waals surface area contributed by atoms with Gasteiger partial charge in [-0.3, -0.25) is 4.79 Å². The van der Waals surface area contributed by atoms with E-state index in [0.717, 1.165) is 46.2 Å². The van der Waals surface area contributed by atoms with Gasteiger partial charge in [0.15, 0.2) is 0 Å². The lowest BCUT2D eigenvalue weighted by molar-refractivity contribution is 0.0737. The Hall–Kier alpha value is -1.92. The lowest BCUT2D eigenvalue weighted by Crippen LogP contribution is -2.30. The number of aryl methyl sites for hydroxylation is 1. The number of aromatic amines is 1. The number of aromatic nitrogens is 2. The minimum absolute atomic E-state index is 0.110. The zero-order valence-electron chi connectivity index (χ0n) is 12.8. The average molecular weight is 343 g/mol. The van der Waals surface area contributed by atoms with Crippen LogP contribution in [0.3, 0.4) is 0 Å². The summed E-state index contributed by atoms with van der Waals surface area (Å²) < 4.78 is 0. The summed E-state index contributed by atoms with van der Waals surface area (Å²) in [4.78, 5) is 23.7. The molecular formula is C17H17N3OS2. The van der Waals surface area contributed by atoms with Gasteiger partial charge < -0.3 is 9.88 Å². The third-order valence-electron chi connectivity index (χ3n) is 4.25. The number of hydrogen-bond donors (Lipinski definition) is 1. The quantitative estimate of drug-likeness (QED) is 0.762. The lowest BCUT2D eigenvalue weighted by Gasteiger charge is -2.23. The summed E-state index contributed by atoms with van der Waals surface area (Å²) in [7, 11) is 0. The Labute approximate surface area is 142 Å². The molecule has 4 heterocycles. The lowest BCUT2D eigenvalue weighted by atomic mass is 10.1. The van der Waals surface area contributed by atoms with E-state index < -0.39 is 0 Å². The van der Waals surface area contributed by atoms with Crippen molar-refractivity contribution in [1.82, 2.24) is 14.9 Å². The molecule has 0 radical (unpaired) electrons. The van der Waals surface area contributed by atoms with Crippen molar-refractivity contribution in [3.8, 4) is 10.6 Å². The van der Waals surface area contributed by atoms with Gasteiger partial charge in [-0.15, -0.1) is 11.3 Å². The van der Waals surface area contributed by atoms with Crippen LogP contribution in [0, 0.1) is 6.92 Å². The van der Waals surface area contributed by atoms with Gasteiger partial charge in [-0.25, -0.2) is 4.98 Å². The third-order valence-corrected chi connectivity index (χ3v) is 6.13. The molecule has 4 nitrogen and oxygen atoms in total. The molecule has 1 atom stereocenters. The van der Waals surface area contributed by atoms with E-state index in [1.807, 2.05) is 29.5 Å². The molecular weight excluding hydrogens is 326 g/mol. The van der Waals surface area contributed by atoms with Crippen molar-refractivity contribution in [3.63, 3.8) is 0 Å². The predicted molar refractivity (Wildman–Crippen MR) is 94.0 cm³/mol. The second-order valence-corrected chi connectivity index (χ2v) is 7.51. The maximum atomic E-state index is 13.0. The van der Waals surface area contributed by atoms with Crippen LogP contribution in [0.1, 0.15) is 39.9 Å². The van der Waals surface area contributed by atoms with Gasteiger partial charge in [0.1, 0.15) is 9.88 Å². The Morgan fingerprint density at radius 3 is 3.09 bits per heavy atom. The molecule has 1 N–H and O–H groups in total. The molecule has 1 amide bonds. The van der Waals surface area contributed by atoms with Crippen molar-refractivity contribution in [2.75, 3.05) is 6.54 Å². The Morgan fingerprint density at radius 2 is 2.35 bits per heavy atom. The first-order valence-corrected chi connectivity index (χ1v) is 9.44. The van der Waals surface area contributed by atoms with E-state index >= 15 is 0 Å². The van der Waals surface area contributed by atoms with Crippen LogP contribution < -0.4 is 0 Å². The minimum atomic E-state index is 0.110. The number of nitrogens with zero attached hydrogens (tertiary/aromatic N) is 2. The third kappa shape index (κ3) is 2.62. The van der Waals surface area contributed by atoms with Gasteiger partial charge in [0, 0.05) is 29.4 Å². The minimum Gasteiger partial charge on any atom is -0.363 e. The first-order chi connectivity index (χ1) is 11.2. The van der Waals surface area contributed by atoms with Crippen LogP contribution in [0.25, 0.3) is 10.6 Å². The molecule has 0 aliphatic carbocycles. The molecule has 0 aromatic carbocycles. The normalized spacial score (nSPS) is 17.8. The van der Waals surface area contributed by atoms with E-state index in [2.05, 4.69) is 27.5 Å². The van der Waals surface area contributed by atoms with Crippen molar-refractivity contribution >= 4 is 28.6 Å². The first kappa shape index (κ1) is 14.7. The van der Waals surface area contributed by atoms with Crippen LogP contribution in [0.2, 0.25) is 0 Å². The van der Waals surface area contributed by atoms with Gasteiger partial charge in [-0.1, -0.05) is 0 Å². The Balaban J connectivity index is 1.64. The Bertz CT molecular complexity index is 805. The summed E-state index contributed by atoms with van der Waals surface area (Å²) in [6.07, 6.45) is 3.98. The summed E-state index contributed by atoms with van der Waals surface area (Å²) >= 11 is 3.15. The van der Waals surface area contributed by atoms with Gasteiger partial charge >= 0.3 is 0 Å². The zero-order chi connectivity index (χ0) is 15.8. The average Bonchev–Trinajstić information content (AvgIpc) is 3.31. The van der Waals surface area contributed by atoms with Crippen LogP contribution in [-0.2, 0) is 0 Å². The van der Waals surface area contributed by atoms with E-state index in [4.69, 9.17) is 0 Å². The number of nitrogens with one attached hydrogen (secondary N) is 1. The van der Waals surface area contributed by atoms with E-state index in [1.165, 1.54) is 11.3 Å². The fourth-order valence-corrected chi connectivity index (χ4v) is 4.85. The number of amides is 1. The molecule has 1 aliphatic rings. The van der Waals surface area contributed by atoms with E-state index in [0.29, 0.717) is 0 Å². The number of thiophene rings is 1. The predicted octanol–water partition coefficient (Wildman–Crippen LogP) is 4.49. The number of thiazole rings is 1. The van der Waals surface area contributed by atoms with E-state index in [1.54, 1.807) is 11.3 Å². The monoisotopic (exact) mass is 343 g/mol. The topological polar surface area (TPSA) is 49.0 Å². The highest BCUT2D eigenvalue weighted by atomic mass is 32.1. The van der Waals surface area contributed by atoms with Crippen LogP contribution in [0.15, 0.2) is 35.2 Å². The number of H-pyrrole nitrogens is 1. The smallest absolute Gasteiger partial charge is 0.266 e. The van der Waals surface area contributed by atoms with E-state index in [9.17, 15) is 4.79 Å². The van der Waals surface area contributed by atoms with Gasteiger partial charge in [0.2, 0.25) is 0 Å². The van der Waals surface area contributed by atoms with Crippen molar-refractivity contribution in [1.29, 1.82) is 0 Å². The summed E-state index contributed by atoms with van der Waals surface area (Å²) in [6.45, 7) is 2.74. The second kappa shape index (κ2) is 5.94. The summed E-state index contributed by atoms with van der Waals surface area (Å²) in [5, 5.41) is 5.04. The van der Waals surface area contributed by atoms with Crippen molar-refractivity contribution in [2.24, 2.45) is 0 Å².